The monoisotopic (exact) mass is 358 g/mol. The Bertz CT molecular complexity index is 885. The lowest BCUT2D eigenvalue weighted by atomic mass is 10.00. The zero-order chi connectivity index (χ0) is 18.1. The molecule has 0 spiro atoms. The van der Waals surface area contributed by atoms with Gasteiger partial charge in [-0.25, -0.2) is 0 Å². The maximum Gasteiger partial charge on any atom is 0.416 e. The molecule has 2 aromatic heterocycles. The van der Waals surface area contributed by atoms with Crippen LogP contribution in [0.2, 0.25) is 0 Å². The average Bonchev–Trinajstić information content (AvgIpc) is 3.05. The number of aromatic nitrogens is 3. The van der Waals surface area contributed by atoms with Gasteiger partial charge in [0.15, 0.2) is 0 Å². The van der Waals surface area contributed by atoms with Crippen LogP contribution in [0.4, 0.5) is 13.2 Å². The van der Waals surface area contributed by atoms with E-state index in [2.05, 4.69) is 20.1 Å². The van der Waals surface area contributed by atoms with Crippen LogP contribution < -0.4 is 0 Å². The molecule has 4 rings (SSSR count). The van der Waals surface area contributed by atoms with Crippen LogP contribution in [0.3, 0.4) is 0 Å². The van der Waals surface area contributed by atoms with Gasteiger partial charge in [0.05, 0.1) is 11.3 Å². The summed E-state index contributed by atoms with van der Waals surface area (Å²) in [6.45, 7) is 2.39. The summed E-state index contributed by atoms with van der Waals surface area (Å²) < 4.78 is 38.3. The molecule has 0 radical (unpaired) electrons. The third-order valence-electron chi connectivity index (χ3n) is 4.63. The highest BCUT2D eigenvalue weighted by Crippen LogP contribution is 2.33. The number of halogens is 3. The molecule has 0 aliphatic carbocycles. The van der Waals surface area contributed by atoms with Gasteiger partial charge in [-0.15, -0.1) is 0 Å². The Hall–Kier alpha value is -2.67. The lowest BCUT2D eigenvalue weighted by Gasteiger charge is -2.27. The molecule has 0 unspecified atom stereocenters. The van der Waals surface area contributed by atoms with E-state index in [1.165, 1.54) is 12.1 Å². The van der Waals surface area contributed by atoms with Crippen molar-refractivity contribution in [2.45, 2.75) is 25.7 Å². The van der Waals surface area contributed by atoms with E-state index in [4.69, 9.17) is 0 Å². The molecule has 1 N–H and O–H groups in total. The summed E-state index contributed by atoms with van der Waals surface area (Å²) in [7, 11) is 0. The van der Waals surface area contributed by atoms with E-state index in [0.29, 0.717) is 12.1 Å². The van der Waals surface area contributed by atoms with Gasteiger partial charge in [-0.05, 0) is 23.8 Å². The molecule has 0 bridgehead atoms. The molecular formula is C19H17F3N4. The zero-order valence-electron chi connectivity index (χ0n) is 13.9. The quantitative estimate of drug-likeness (QED) is 0.768. The number of rotatable bonds is 3. The summed E-state index contributed by atoms with van der Waals surface area (Å²) in [4.78, 5) is 6.43. The standard InChI is InChI=1S/C19H17F3N4/c20-19(21,22)15-5-3-14(4-6-15)18-16-12-26(9-7-17(16)24-25-18)11-13-2-1-8-23-10-13/h1-6,8,10H,7,9,11-12H2,(H,24,25). The lowest BCUT2D eigenvalue weighted by molar-refractivity contribution is -0.137. The maximum atomic E-state index is 12.8. The average molecular weight is 358 g/mol. The van der Waals surface area contributed by atoms with Gasteiger partial charge in [-0.3, -0.25) is 15.0 Å². The zero-order valence-corrected chi connectivity index (χ0v) is 13.9. The van der Waals surface area contributed by atoms with Crippen molar-refractivity contribution in [3.05, 3.63) is 71.2 Å². The fourth-order valence-corrected chi connectivity index (χ4v) is 3.29. The van der Waals surface area contributed by atoms with E-state index in [1.54, 1.807) is 6.20 Å². The van der Waals surface area contributed by atoms with Crippen LogP contribution >= 0.6 is 0 Å². The predicted molar refractivity (Wildman–Crippen MR) is 91.1 cm³/mol. The van der Waals surface area contributed by atoms with Gasteiger partial charge < -0.3 is 0 Å². The first-order valence-electron chi connectivity index (χ1n) is 8.36. The largest absolute Gasteiger partial charge is 0.416 e. The van der Waals surface area contributed by atoms with Gasteiger partial charge in [0.2, 0.25) is 0 Å². The first-order chi connectivity index (χ1) is 12.5. The van der Waals surface area contributed by atoms with Crippen molar-refractivity contribution in [3.63, 3.8) is 0 Å². The molecule has 0 saturated carbocycles. The molecule has 0 fully saturated rings. The van der Waals surface area contributed by atoms with Crippen LogP contribution in [0.15, 0.2) is 48.8 Å². The summed E-state index contributed by atoms with van der Waals surface area (Å²) in [5.41, 5.74) is 4.02. The van der Waals surface area contributed by atoms with Gasteiger partial charge in [-0.2, -0.15) is 18.3 Å². The van der Waals surface area contributed by atoms with Crippen LogP contribution in [0.5, 0.6) is 0 Å². The number of benzene rings is 1. The number of pyridine rings is 1. The van der Waals surface area contributed by atoms with Crippen molar-refractivity contribution in [1.82, 2.24) is 20.1 Å². The van der Waals surface area contributed by atoms with E-state index in [1.807, 2.05) is 18.3 Å². The molecule has 4 nitrogen and oxygen atoms in total. The topological polar surface area (TPSA) is 44.8 Å². The van der Waals surface area contributed by atoms with Gasteiger partial charge >= 0.3 is 6.18 Å². The predicted octanol–water partition coefficient (Wildman–Crippen LogP) is 4.05. The Kier molecular flexibility index (Phi) is 4.24. The molecule has 0 amide bonds. The third-order valence-corrected chi connectivity index (χ3v) is 4.63. The highest BCUT2D eigenvalue weighted by Gasteiger charge is 2.30. The van der Waals surface area contributed by atoms with Crippen molar-refractivity contribution in [1.29, 1.82) is 0 Å². The molecule has 1 aromatic carbocycles. The summed E-state index contributed by atoms with van der Waals surface area (Å²) >= 11 is 0. The number of aromatic amines is 1. The fourth-order valence-electron chi connectivity index (χ4n) is 3.29. The Morgan fingerprint density at radius 1 is 1.12 bits per heavy atom. The normalized spacial score (nSPS) is 15.0. The number of nitrogens with one attached hydrogen (secondary N) is 1. The summed E-state index contributed by atoms with van der Waals surface area (Å²) in [6, 6.07) is 9.13. The summed E-state index contributed by atoms with van der Waals surface area (Å²) in [6.07, 6.45) is 0.103. The molecule has 1 aliphatic heterocycles. The highest BCUT2D eigenvalue weighted by molar-refractivity contribution is 5.64. The van der Waals surface area contributed by atoms with Gasteiger partial charge in [0.25, 0.3) is 0 Å². The summed E-state index contributed by atoms with van der Waals surface area (Å²) in [5, 5.41) is 7.40. The Morgan fingerprint density at radius 2 is 1.92 bits per heavy atom. The minimum absolute atomic E-state index is 0.649. The van der Waals surface area contributed by atoms with E-state index >= 15 is 0 Å². The second kappa shape index (κ2) is 6.57. The first-order valence-corrected chi connectivity index (χ1v) is 8.36. The SMILES string of the molecule is FC(F)(F)c1ccc(-c2n[nH]c3c2CN(Cc2cccnc2)CC3)cc1. The smallest absolute Gasteiger partial charge is 0.294 e. The molecule has 7 heteroatoms. The number of H-pyrrole nitrogens is 1. The molecule has 3 aromatic rings. The molecular weight excluding hydrogens is 341 g/mol. The number of hydrogen-bond donors (Lipinski definition) is 1. The number of hydrogen-bond acceptors (Lipinski definition) is 3. The van der Waals surface area contributed by atoms with Gasteiger partial charge in [0.1, 0.15) is 0 Å². The molecule has 3 heterocycles. The molecule has 134 valence electrons. The second-order valence-electron chi connectivity index (χ2n) is 6.43. The molecule has 26 heavy (non-hydrogen) atoms. The van der Waals surface area contributed by atoms with Crippen LogP contribution in [-0.2, 0) is 25.7 Å². The van der Waals surface area contributed by atoms with Crippen molar-refractivity contribution < 1.29 is 13.2 Å². The van der Waals surface area contributed by atoms with Gasteiger partial charge in [0, 0.05) is 55.3 Å². The van der Waals surface area contributed by atoms with E-state index in [0.717, 1.165) is 54.2 Å². The van der Waals surface area contributed by atoms with Crippen LogP contribution in [-0.4, -0.2) is 26.6 Å². The van der Waals surface area contributed by atoms with E-state index < -0.39 is 11.7 Å². The lowest BCUT2D eigenvalue weighted by Crippen LogP contribution is -2.30. The number of fused-ring (bicyclic) bond motifs is 1. The van der Waals surface area contributed by atoms with E-state index in [9.17, 15) is 13.2 Å². The Balaban J connectivity index is 1.57. The van der Waals surface area contributed by atoms with Crippen LogP contribution in [0, 0.1) is 0 Å². The highest BCUT2D eigenvalue weighted by atomic mass is 19.4. The fraction of sp³-hybridized carbons (Fsp3) is 0.263. The number of nitrogens with zero attached hydrogens (tertiary/aromatic N) is 3. The minimum Gasteiger partial charge on any atom is -0.294 e. The Morgan fingerprint density at radius 3 is 2.62 bits per heavy atom. The van der Waals surface area contributed by atoms with Crippen molar-refractivity contribution in [2.75, 3.05) is 6.54 Å². The van der Waals surface area contributed by atoms with Crippen LogP contribution in [0.25, 0.3) is 11.3 Å². The van der Waals surface area contributed by atoms with Crippen molar-refractivity contribution in [2.24, 2.45) is 0 Å². The van der Waals surface area contributed by atoms with E-state index in [-0.39, 0.29) is 0 Å². The van der Waals surface area contributed by atoms with Crippen molar-refractivity contribution >= 4 is 0 Å². The maximum absolute atomic E-state index is 12.8. The summed E-state index contributed by atoms with van der Waals surface area (Å²) in [5.74, 6) is 0. The first kappa shape index (κ1) is 16.8. The number of alkyl halides is 3. The molecule has 0 saturated heterocycles. The third kappa shape index (κ3) is 3.35. The second-order valence-corrected chi connectivity index (χ2v) is 6.43. The molecule has 0 atom stereocenters. The molecule has 1 aliphatic rings. The van der Waals surface area contributed by atoms with Crippen molar-refractivity contribution in [3.8, 4) is 11.3 Å². The minimum atomic E-state index is -4.33. The van der Waals surface area contributed by atoms with Gasteiger partial charge in [-0.1, -0.05) is 18.2 Å². The Labute approximate surface area is 148 Å². The van der Waals surface area contributed by atoms with Crippen LogP contribution in [0.1, 0.15) is 22.4 Å².